The first-order chi connectivity index (χ1) is 7.95. The van der Waals surface area contributed by atoms with Crippen molar-refractivity contribution in [1.82, 2.24) is 4.98 Å². The minimum Gasteiger partial charge on any atom is -0.471 e. The predicted octanol–water partition coefficient (Wildman–Crippen LogP) is 1.24. The van der Waals surface area contributed by atoms with Gasteiger partial charge in [-0.25, -0.2) is 4.79 Å². The lowest BCUT2D eigenvalue weighted by Gasteiger charge is -2.11. The lowest BCUT2D eigenvalue weighted by Crippen LogP contribution is -2.25. The second-order valence-electron chi connectivity index (χ2n) is 3.31. The van der Waals surface area contributed by atoms with E-state index in [1.54, 1.807) is 13.0 Å². The smallest absolute Gasteiger partial charge is 0.406 e. The summed E-state index contributed by atoms with van der Waals surface area (Å²) in [7, 11) is 1.21. The van der Waals surface area contributed by atoms with E-state index < -0.39 is 22.8 Å². The minimum atomic E-state index is -0.928. The first kappa shape index (κ1) is 12.9. The molecule has 0 saturated heterocycles. The van der Waals surface area contributed by atoms with Crippen molar-refractivity contribution in [1.29, 1.82) is 0 Å². The van der Waals surface area contributed by atoms with Gasteiger partial charge in [-0.3, -0.25) is 0 Å². The molecule has 0 aliphatic heterocycles. The highest BCUT2D eigenvalue weighted by Crippen LogP contribution is 2.25. The number of carbonyl (C=O) groups excluding carboxylic acids is 1. The van der Waals surface area contributed by atoms with Gasteiger partial charge in [-0.05, 0) is 29.0 Å². The molecule has 0 radical (unpaired) electrons. The number of esters is 1. The number of rotatable bonds is 4. The average molecular weight is 240 g/mol. The van der Waals surface area contributed by atoms with Crippen LogP contribution in [0, 0.1) is 17.0 Å². The first-order valence-electron chi connectivity index (χ1n) is 4.82. The molecule has 0 saturated carbocycles. The molecule has 0 amide bonds. The van der Waals surface area contributed by atoms with E-state index in [0.29, 0.717) is 5.69 Å². The van der Waals surface area contributed by atoms with Crippen molar-refractivity contribution in [2.24, 2.45) is 0 Å². The Morgan fingerprint density at radius 3 is 2.71 bits per heavy atom. The maximum absolute atomic E-state index is 11.1. The molecule has 1 aromatic rings. The SMILES string of the molecule is COC(=O)[C@H](C)Oc1ccc(C)nc1[N+](=O)[O-]. The summed E-state index contributed by atoms with van der Waals surface area (Å²) in [5, 5.41) is 10.7. The highest BCUT2D eigenvalue weighted by Gasteiger charge is 2.22. The van der Waals surface area contributed by atoms with Gasteiger partial charge in [0.1, 0.15) is 5.69 Å². The number of nitro groups is 1. The fourth-order valence-corrected chi connectivity index (χ4v) is 1.16. The number of methoxy groups -OCH3 is 1. The standard InChI is InChI=1S/C10H12N2O5/c1-6-4-5-8(9(11-6)12(14)15)17-7(2)10(13)16-3/h4-5,7H,1-3H3/t7-/m0/s1. The third-order valence-electron chi connectivity index (χ3n) is 1.99. The first-order valence-corrected chi connectivity index (χ1v) is 4.82. The van der Waals surface area contributed by atoms with Gasteiger partial charge in [-0.15, -0.1) is 0 Å². The molecular formula is C10H12N2O5. The van der Waals surface area contributed by atoms with Crippen LogP contribution in [-0.2, 0) is 9.53 Å². The van der Waals surface area contributed by atoms with Crippen LogP contribution >= 0.6 is 0 Å². The topological polar surface area (TPSA) is 91.6 Å². The van der Waals surface area contributed by atoms with Crippen molar-refractivity contribution in [3.8, 4) is 5.75 Å². The highest BCUT2D eigenvalue weighted by atomic mass is 16.6. The molecule has 0 aliphatic rings. The van der Waals surface area contributed by atoms with E-state index in [2.05, 4.69) is 9.72 Å². The van der Waals surface area contributed by atoms with E-state index in [-0.39, 0.29) is 5.75 Å². The lowest BCUT2D eigenvalue weighted by molar-refractivity contribution is -0.390. The largest absolute Gasteiger partial charge is 0.471 e. The Labute approximate surface area is 97.5 Å². The van der Waals surface area contributed by atoms with Crippen molar-refractivity contribution in [3.05, 3.63) is 27.9 Å². The average Bonchev–Trinajstić information content (AvgIpc) is 2.29. The molecule has 0 unspecified atom stereocenters. The van der Waals surface area contributed by atoms with Gasteiger partial charge in [0.2, 0.25) is 5.75 Å². The Morgan fingerprint density at radius 1 is 1.53 bits per heavy atom. The normalized spacial score (nSPS) is 11.7. The Bertz CT molecular complexity index is 446. The van der Waals surface area contributed by atoms with Crippen molar-refractivity contribution >= 4 is 11.8 Å². The van der Waals surface area contributed by atoms with E-state index >= 15 is 0 Å². The van der Waals surface area contributed by atoms with Crippen LogP contribution in [0.4, 0.5) is 5.82 Å². The number of aromatic nitrogens is 1. The van der Waals surface area contributed by atoms with Crippen molar-refractivity contribution in [2.45, 2.75) is 20.0 Å². The predicted molar refractivity (Wildman–Crippen MR) is 57.7 cm³/mol. The summed E-state index contributed by atoms with van der Waals surface area (Å²) < 4.78 is 9.59. The third kappa shape index (κ3) is 3.13. The summed E-state index contributed by atoms with van der Waals surface area (Å²) in [6.07, 6.45) is -0.928. The Kier molecular flexibility index (Phi) is 3.97. The number of hydrogen-bond donors (Lipinski definition) is 0. The summed E-state index contributed by atoms with van der Waals surface area (Å²) >= 11 is 0. The Hall–Kier alpha value is -2.18. The van der Waals surface area contributed by atoms with Gasteiger partial charge in [0.25, 0.3) is 0 Å². The number of carbonyl (C=O) groups is 1. The zero-order valence-electron chi connectivity index (χ0n) is 9.67. The van der Waals surface area contributed by atoms with Gasteiger partial charge in [0, 0.05) is 6.92 Å². The molecule has 92 valence electrons. The molecular weight excluding hydrogens is 228 g/mol. The monoisotopic (exact) mass is 240 g/mol. The Morgan fingerprint density at radius 2 is 2.18 bits per heavy atom. The molecule has 0 aromatic carbocycles. The summed E-state index contributed by atoms with van der Waals surface area (Å²) in [6.45, 7) is 3.07. The highest BCUT2D eigenvalue weighted by molar-refractivity contribution is 5.74. The van der Waals surface area contributed by atoms with E-state index in [1.165, 1.54) is 20.1 Å². The van der Waals surface area contributed by atoms with E-state index in [9.17, 15) is 14.9 Å². The molecule has 7 heteroatoms. The van der Waals surface area contributed by atoms with E-state index in [1.807, 2.05) is 0 Å². The Balaban J connectivity index is 2.98. The number of nitrogens with zero attached hydrogens (tertiary/aromatic N) is 2. The van der Waals surface area contributed by atoms with Crippen LogP contribution < -0.4 is 4.74 Å². The van der Waals surface area contributed by atoms with Gasteiger partial charge in [0.05, 0.1) is 7.11 Å². The van der Waals surface area contributed by atoms with Gasteiger partial charge < -0.3 is 19.6 Å². The second kappa shape index (κ2) is 5.24. The summed E-state index contributed by atoms with van der Waals surface area (Å²) in [5.41, 5.74) is 0.495. The maximum Gasteiger partial charge on any atom is 0.406 e. The zero-order valence-corrected chi connectivity index (χ0v) is 9.67. The fourth-order valence-electron chi connectivity index (χ4n) is 1.16. The molecule has 1 heterocycles. The second-order valence-corrected chi connectivity index (χ2v) is 3.31. The molecule has 17 heavy (non-hydrogen) atoms. The number of ether oxygens (including phenoxy) is 2. The molecule has 1 atom stereocenters. The zero-order chi connectivity index (χ0) is 13.0. The number of aryl methyl sites for hydroxylation is 1. The van der Waals surface area contributed by atoms with Crippen LogP contribution in [0.15, 0.2) is 12.1 Å². The number of hydrogen-bond acceptors (Lipinski definition) is 6. The molecule has 1 aromatic heterocycles. The fraction of sp³-hybridized carbons (Fsp3) is 0.400. The van der Waals surface area contributed by atoms with Crippen LogP contribution in [0.25, 0.3) is 0 Å². The summed E-state index contributed by atoms with van der Waals surface area (Å²) in [6, 6.07) is 2.96. The lowest BCUT2D eigenvalue weighted by atomic mass is 10.3. The number of pyridine rings is 1. The van der Waals surface area contributed by atoms with Gasteiger partial charge in [0.15, 0.2) is 6.10 Å². The van der Waals surface area contributed by atoms with Crippen LogP contribution in [0.3, 0.4) is 0 Å². The molecule has 0 bridgehead atoms. The quantitative estimate of drug-likeness (QED) is 0.446. The molecule has 0 N–H and O–H groups in total. The molecule has 0 aliphatic carbocycles. The van der Waals surface area contributed by atoms with Gasteiger partial charge in [-0.2, -0.15) is 0 Å². The van der Waals surface area contributed by atoms with Gasteiger partial charge >= 0.3 is 11.8 Å². The van der Waals surface area contributed by atoms with Crippen LogP contribution in [-0.4, -0.2) is 29.1 Å². The van der Waals surface area contributed by atoms with Crippen molar-refractivity contribution < 1.29 is 19.2 Å². The van der Waals surface area contributed by atoms with Crippen molar-refractivity contribution in [2.75, 3.05) is 7.11 Å². The van der Waals surface area contributed by atoms with Crippen LogP contribution in [0.5, 0.6) is 5.75 Å². The van der Waals surface area contributed by atoms with Crippen LogP contribution in [0.1, 0.15) is 12.6 Å². The molecule has 0 spiro atoms. The molecule has 7 nitrogen and oxygen atoms in total. The maximum atomic E-state index is 11.1. The van der Waals surface area contributed by atoms with E-state index in [4.69, 9.17) is 4.74 Å². The summed E-state index contributed by atoms with van der Waals surface area (Å²) in [4.78, 5) is 24.9. The minimum absolute atomic E-state index is 0.0569. The van der Waals surface area contributed by atoms with Crippen LogP contribution in [0.2, 0.25) is 0 Å². The third-order valence-corrected chi connectivity index (χ3v) is 1.99. The van der Waals surface area contributed by atoms with Crippen molar-refractivity contribution in [3.63, 3.8) is 0 Å². The van der Waals surface area contributed by atoms with E-state index in [0.717, 1.165) is 0 Å². The molecule has 1 rings (SSSR count). The molecule has 0 fully saturated rings. The summed E-state index contributed by atoms with van der Waals surface area (Å²) in [5.74, 6) is -1.08. The van der Waals surface area contributed by atoms with Gasteiger partial charge in [-0.1, -0.05) is 0 Å².